The number of pyridine rings is 1. The van der Waals surface area contributed by atoms with Gasteiger partial charge in [-0.05, 0) is 12.1 Å². The highest BCUT2D eigenvalue weighted by molar-refractivity contribution is 7.79. The maximum absolute atomic E-state index is 11.0. The monoisotopic (exact) mass is 227 g/mol. The van der Waals surface area contributed by atoms with E-state index in [1.807, 2.05) is 0 Å². The summed E-state index contributed by atoms with van der Waals surface area (Å²) in [6, 6.07) is 6.71. The Kier molecular flexibility index (Phi) is 2.50. The van der Waals surface area contributed by atoms with Crippen molar-refractivity contribution in [2.45, 2.75) is 4.90 Å². The Morgan fingerprint density at radius 1 is 1.29 bits per heavy atom. The van der Waals surface area contributed by atoms with Gasteiger partial charge >= 0.3 is 0 Å². The van der Waals surface area contributed by atoms with Crippen LogP contribution in [0, 0.1) is 0 Å². The van der Waals surface area contributed by atoms with Gasteiger partial charge in [-0.3, -0.25) is 0 Å². The minimum atomic E-state index is -2.00. The van der Waals surface area contributed by atoms with E-state index in [1.165, 1.54) is 6.20 Å². The van der Waals surface area contributed by atoms with E-state index in [4.69, 9.17) is 16.2 Å². The lowest BCUT2D eigenvalue weighted by molar-refractivity contribution is 0.565. The zero-order valence-corrected chi connectivity index (χ0v) is 8.55. The number of benzene rings is 1. The molecule has 0 aliphatic rings. The van der Waals surface area contributed by atoms with Crippen molar-refractivity contribution in [3.8, 4) is 0 Å². The fourth-order valence-corrected chi connectivity index (χ4v) is 2.08. The van der Waals surface area contributed by atoms with Crippen LogP contribution in [0.4, 0.5) is 0 Å². The van der Waals surface area contributed by atoms with Crippen molar-refractivity contribution in [3.63, 3.8) is 0 Å². The fourth-order valence-electron chi connectivity index (χ4n) is 1.29. The first kappa shape index (κ1) is 9.58. The molecule has 2 rings (SSSR count). The predicted molar refractivity (Wildman–Crippen MR) is 55.8 cm³/mol. The van der Waals surface area contributed by atoms with Crippen molar-refractivity contribution >= 4 is 33.5 Å². The quantitative estimate of drug-likeness (QED) is 0.602. The lowest BCUT2D eigenvalue weighted by Gasteiger charge is -2.02. The Labute approximate surface area is 88.0 Å². The van der Waals surface area contributed by atoms with Gasteiger partial charge in [0.15, 0.2) is 11.1 Å². The summed E-state index contributed by atoms with van der Waals surface area (Å²) in [7, 11) is 0. The maximum Gasteiger partial charge on any atom is 0.187 e. The molecule has 2 aromatic rings. The van der Waals surface area contributed by atoms with Crippen LogP contribution in [-0.4, -0.2) is 13.7 Å². The van der Waals surface area contributed by atoms with E-state index in [1.54, 1.807) is 24.3 Å². The summed E-state index contributed by atoms with van der Waals surface area (Å²) < 4.78 is 20.0. The van der Waals surface area contributed by atoms with Gasteiger partial charge in [-0.25, -0.2) is 9.19 Å². The first-order valence-electron chi connectivity index (χ1n) is 3.84. The fraction of sp³-hybridized carbons (Fsp3) is 0. The number of aromatic nitrogens is 1. The minimum absolute atomic E-state index is 0.342. The molecular weight excluding hydrogens is 222 g/mol. The highest BCUT2D eigenvalue weighted by Crippen LogP contribution is 2.25. The zero-order chi connectivity index (χ0) is 10.1. The summed E-state index contributed by atoms with van der Waals surface area (Å²) in [6.07, 6.45) is 1.51. The van der Waals surface area contributed by atoms with Gasteiger partial charge < -0.3 is 4.55 Å². The largest absolute Gasteiger partial charge is 0.302 e. The molecule has 0 aliphatic heterocycles. The predicted octanol–water partition coefficient (Wildman–Crippen LogP) is 2.47. The van der Waals surface area contributed by atoms with E-state index in [0.29, 0.717) is 20.8 Å². The van der Waals surface area contributed by atoms with E-state index in [2.05, 4.69) is 4.98 Å². The molecule has 1 aromatic carbocycles. The Hall–Kier alpha value is -0.970. The molecule has 14 heavy (non-hydrogen) atoms. The van der Waals surface area contributed by atoms with Crippen molar-refractivity contribution in [1.82, 2.24) is 4.98 Å². The number of rotatable bonds is 1. The third kappa shape index (κ3) is 1.52. The Morgan fingerprint density at radius 3 is 2.79 bits per heavy atom. The van der Waals surface area contributed by atoms with Crippen molar-refractivity contribution < 1.29 is 8.76 Å². The van der Waals surface area contributed by atoms with Gasteiger partial charge in [-0.15, -0.1) is 0 Å². The van der Waals surface area contributed by atoms with Crippen LogP contribution in [0.1, 0.15) is 0 Å². The van der Waals surface area contributed by atoms with E-state index in [9.17, 15) is 4.21 Å². The van der Waals surface area contributed by atoms with E-state index < -0.39 is 11.1 Å². The smallest absolute Gasteiger partial charge is 0.187 e. The van der Waals surface area contributed by atoms with E-state index in [0.717, 1.165) is 0 Å². The van der Waals surface area contributed by atoms with Gasteiger partial charge in [0.05, 0.1) is 4.90 Å². The molecule has 72 valence electrons. The summed E-state index contributed by atoms with van der Waals surface area (Å²) in [6.45, 7) is 0. The lowest BCUT2D eigenvalue weighted by Crippen LogP contribution is -1.90. The average molecular weight is 228 g/mol. The van der Waals surface area contributed by atoms with Crippen LogP contribution >= 0.6 is 11.6 Å². The van der Waals surface area contributed by atoms with Crippen LogP contribution in [-0.2, 0) is 11.1 Å². The normalized spacial score (nSPS) is 13.0. The molecule has 1 N–H and O–H groups in total. The van der Waals surface area contributed by atoms with E-state index >= 15 is 0 Å². The molecule has 0 fully saturated rings. The number of halogens is 1. The third-order valence-electron chi connectivity index (χ3n) is 1.91. The highest BCUT2D eigenvalue weighted by atomic mass is 35.5. The average Bonchev–Trinajstić information content (AvgIpc) is 2.17. The zero-order valence-electron chi connectivity index (χ0n) is 6.98. The van der Waals surface area contributed by atoms with Crippen LogP contribution in [0.2, 0.25) is 5.15 Å². The molecule has 1 unspecified atom stereocenters. The van der Waals surface area contributed by atoms with Crippen LogP contribution in [0.25, 0.3) is 10.8 Å². The van der Waals surface area contributed by atoms with Crippen LogP contribution in [0.15, 0.2) is 35.4 Å². The highest BCUT2D eigenvalue weighted by Gasteiger charge is 2.07. The van der Waals surface area contributed by atoms with Crippen molar-refractivity contribution in [3.05, 3.63) is 35.6 Å². The van der Waals surface area contributed by atoms with Crippen LogP contribution < -0.4 is 0 Å². The molecule has 1 aromatic heterocycles. The molecule has 0 bridgehead atoms. The molecule has 1 heterocycles. The molecule has 0 radical (unpaired) electrons. The van der Waals surface area contributed by atoms with Crippen LogP contribution in [0.5, 0.6) is 0 Å². The Morgan fingerprint density at radius 2 is 2.07 bits per heavy atom. The molecule has 0 spiro atoms. The number of fused-ring (bicyclic) bond motifs is 1. The van der Waals surface area contributed by atoms with Crippen molar-refractivity contribution in [2.24, 2.45) is 0 Å². The molecule has 0 saturated carbocycles. The number of hydrogen-bond donors (Lipinski definition) is 1. The molecule has 5 heteroatoms. The molecule has 0 amide bonds. The summed E-state index contributed by atoms with van der Waals surface area (Å²) >= 11 is 3.84. The Balaban J connectivity index is 2.88. The van der Waals surface area contributed by atoms with Crippen LogP contribution in [0.3, 0.4) is 0 Å². The first-order valence-corrected chi connectivity index (χ1v) is 5.32. The topological polar surface area (TPSA) is 50.2 Å². The minimum Gasteiger partial charge on any atom is -0.302 e. The van der Waals surface area contributed by atoms with Gasteiger partial charge in [0, 0.05) is 17.0 Å². The second-order valence-corrected chi connectivity index (χ2v) is 4.00. The maximum atomic E-state index is 11.0. The van der Waals surface area contributed by atoms with Crippen molar-refractivity contribution in [2.75, 3.05) is 0 Å². The third-order valence-corrected chi connectivity index (χ3v) is 2.94. The second kappa shape index (κ2) is 3.65. The SMILES string of the molecule is O=S(O)c1cccc2c(Cl)nccc12. The van der Waals surface area contributed by atoms with Gasteiger partial charge in [-0.1, -0.05) is 23.7 Å². The number of nitrogens with zero attached hydrogens (tertiary/aromatic N) is 1. The van der Waals surface area contributed by atoms with Gasteiger partial charge in [0.1, 0.15) is 5.15 Å². The summed E-state index contributed by atoms with van der Waals surface area (Å²) in [5.41, 5.74) is 0. The molecule has 1 atom stereocenters. The summed E-state index contributed by atoms with van der Waals surface area (Å²) in [4.78, 5) is 4.25. The Bertz CT molecular complexity index is 515. The van der Waals surface area contributed by atoms with E-state index in [-0.39, 0.29) is 0 Å². The van der Waals surface area contributed by atoms with Crippen molar-refractivity contribution in [1.29, 1.82) is 0 Å². The van der Waals surface area contributed by atoms with Gasteiger partial charge in [0.2, 0.25) is 0 Å². The summed E-state index contributed by atoms with van der Waals surface area (Å²) in [5.74, 6) is 0. The molecule has 0 saturated heterocycles. The number of hydrogen-bond acceptors (Lipinski definition) is 2. The molecule has 0 aliphatic carbocycles. The van der Waals surface area contributed by atoms with Gasteiger partial charge in [-0.2, -0.15) is 0 Å². The molecule has 3 nitrogen and oxygen atoms in total. The first-order chi connectivity index (χ1) is 6.70. The molecular formula is C9H6ClNO2S. The summed E-state index contributed by atoms with van der Waals surface area (Å²) in [5, 5.41) is 1.69. The lowest BCUT2D eigenvalue weighted by atomic mass is 10.2. The van der Waals surface area contributed by atoms with Gasteiger partial charge in [0.25, 0.3) is 0 Å². The second-order valence-electron chi connectivity index (χ2n) is 2.70. The standard InChI is InChI=1S/C9H6ClNO2S/c10-9-7-2-1-3-8(14(12)13)6(7)4-5-11-9/h1-5H,(H,12,13).